The van der Waals surface area contributed by atoms with Crippen LogP contribution in [0.5, 0.6) is 0 Å². The van der Waals surface area contributed by atoms with Crippen molar-refractivity contribution < 1.29 is 0 Å². The van der Waals surface area contributed by atoms with E-state index in [4.69, 9.17) is 9.97 Å². The first-order chi connectivity index (χ1) is 23.6. The molecule has 2 aliphatic rings. The fourth-order valence-electron chi connectivity index (χ4n) is 8.26. The molecule has 2 aliphatic heterocycles. The van der Waals surface area contributed by atoms with Crippen LogP contribution in [0.15, 0.2) is 71.7 Å². The summed E-state index contributed by atoms with van der Waals surface area (Å²) in [6.07, 6.45) is 4.23. The van der Waals surface area contributed by atoms with Crippen LogP contribution < -0.4 is 15.8 Å². The maximum Gasteiger partial charge on any atom is 0.258 e. The van der Waals surface area contributed by atoms with Gasteiger partial charge in [0.2, 0.25) is 5.95 Å². The Hall–Kier alpha value is -3.97. The molecule has 0 saturated carbocycles. The van der Waals surface area contributed by atoms with E-state index >= 15 is 0 Å². The number of hydrogen-bond donors (Lipinski definition) is 1. The van der Waals surface area contributed by atoms with Gasteiger partial charge in [-0.05, 0) is 72.9 Å². The van der Waals surface area contributed by atoms with E-state index in [0.717, 1.165) is 29.9 Å². The van der Waals surface area contributed by atoms with E-state index in [2.05, 4.69) is 104 Å². The summed E-state index contributed by atoms with van der Waals surface area (Å²) in [6, 6.07) is 20.6. The van der Waals surface area contributed by atoms with Crippen LogP contribution >= 0.6 is 0 Å². The van der Waals surface area contributed by atoms with Gasteiger partial charge in [0.15, 0.2) is 5.65 Å². The molecule has 9 heteroatoms. The van der Waals surface area contributed by atoms with Crippen LogP contribution in [0.25, 0.3) is 16.7 Å². The van der Waals surface area contributed by atoms with Crippen LogP contribution in [0.2, 0.25) is 16.6 Å². The summed E-state index contributed by atoms with van der Waals surface area (Å²) < 4.78 is 1.67. The highest BCUT2D eigenvalue weighted by Gasteiger charge is 2.41. The largest absolute Gasteiger partial charge is 0.371 e. The number of fused-ring (bicyclic) bond motifs is 1. The molecule has 8 nitrogen and oxygen atoms in total. The van der Waals surface area contributed by atoms with Crippen LogP contribution in [0.3, 0.4) is 0 Å². The predicted molar refractivity (Wildman–Crippen MR) is 207 cm³/mol. The van der Waals surface area contributed by atoms with Gasteiger partial charge >= 0.3 is 0 Å². The number of anilines is 3. The summed E-state index contributed by atoms with van der Waals surface area (Å²) in [7, 11) is 0.205. The number of para-hydroxylation sites is 1. The molecule has 2 aromatic carbocycles. The number of nitrogens with zero attached hydrogens (tertiary/aromatic N) is 6. The lowest BCUT2D eigenvalue weighted by molar-refractivity contribution is 0.0982. The molecule has 0 spiro atoms. The summed E-state index contributed by atoms with van der Waals surface area (Å²) in [5.74, 6) is 3.95. The second kappa shape index (κ2) is 14.9. The molecule has 258 valence electrons. The van der Waals surface area contributed by atoms with E-state index in [1.165, 1.54) is 44.7 Å². The minimum absolute atomic E-state index is 0.153. The molecule has 0 atom stereocenters. The maximum absolute atomic E-state index is 13.8. The number of piperidine rings is 1. The van der Waals surface area contributed by atoms with Gasteiger partial charge < -0.3 is 15.1 Å². The Kier molecular flexibility index (Phi) is 10.6. The Morgan fingerprint density at radius 1 is 0.816 bits per heavy atom. The lowest BCUT2D eigenvalue weighted by Crippen LogP contribution is -2.52. The van der Waals surface area contributed by atoms with Gasteiger partial charge in [0.1, 0.15) is 8.07 Å². The highest BCUT2D eigenvalue weighted by atomic mass is 28.3. The zero-order valence-corrected chi connectivity index (χ0v) is 31.4. The fraction of sp³-hybridized carbons (Fsp3) is 0.475. The van der Waals surface area contributed by atoms with E-state index in [1.54, 1.807) is 10.6 Å². The van der Waals surface area contributed by atoms with Crippen molar-refractivity contribution in [1.29, 1.82) is 0 Å². The van der Waals surface area contributed by atoms with Crippen molar-refractivity contribution in [2.75, 3.05) is 56.5 Å². The molecule has 0 aliphatic carbocycles. The van der Waals surface area contributed by atoms with Crippen molar-refractivity contribution in [3.63, 3.8) is 0 Å². The van der Waals surface area contributed by atoms with E-state index in [0.29, 0.717) is 39.8 Å². The zero-order chi connectivity index (χ0) is 34.7. The third-order valence-corrected chi connectivity index (χ3v) is 17.4. The molecular formula is C40H53N7OSi. The van der Waals surface area contributed by atoms with E-state index in [1.807, 2.05) is 36.5 Å². The van der Waals surface area contributed by atoms with Gasteiger partial charge in [-0.15, -0.1) is 5.54 Å². The molecule has 4 aromatic rings. The third-order valence-electron chi connectivity index (χ3n) is 11.1. The molecule has 2 aromatic heterocycles. The topological polar surface area (TPSA) is 69.5 Å². The Morgan fingerprint density at radius 2 is 1.45 bits per heavy atom. The average molecular weight is 676 g/mol. The van der Waals surface area contributed by atoms with Gasteiger partial charge in [0.25, 0.3) is 5.56 Å². The van der Waals surface area contributed by atoms with Crippen molar-refractivity contribution >= 4 is 36.4 Å². The lowest BCUT2D eigenvalue weighted by Gasteiger charge is -2.42. The smallest absolute Gasteiger partial charge is 0.258 e. The van der Waals surface area contributed by atoms with Crippen LogP contribution in [-0.4, -0.2) is 84.8 Å². The number of benzene rings is 2. The molecule has 4 heterocycles. The Bertz CT molecular complexity index is 1820. The molecule has 1 N–H and O–H groups in total. The first-order valence-corrected chi connectivity index (χ1v) is 20.4. The Balaban J connectivity index is 1.27. The first kappa shape index (κ1) is 34.9. The molecule has 0 amide bonds. The van der Waals surface area contributed by atoms with Gasteiger partial charge in [-0.25, -0.2) is 4.98 Å². The number of likely N-dealkylation sites (N-methyl/N-ethyl adjacent to an activating group) is 1. The Labute approximate surface area is 293 Å². The number of rotatable bonds is 8. The number of piperazine rings is 1. The molecule has 0 unspecified atom stereocenters. The van der Waals surface area contributed by atoms with Gasteiger partial charge in [-0.1, -0.05) is 65.7 Å². The summed E-state index contributed by atoms with van der Waals surface area (Å²) in [5.41, 5.74) is 9.26. The summed E-state index contributed by atoms with van der Waals surface area (Å²) in [6.45, 7) is 20.7. The molecule has 6 rings (SSSR count). The van der Waals surface area contributed by atoms with Crippen molar-refractivity contribution in [3.05, 3.63) is 82.8 Å². The highest BCUT2D eigenvalue weighted by molar-refractivity contribution is 6.90. The highest BCUT2D eigenvalue weighted by Crippen LogP contribution is 2.41. The summed E-state index contributed by atoms with van der Waals surface area (Å²) in [4.78, 5) is 31.1. The molecular weight excluding hydrogens is 623 g/mol. The van der Waals surface area contributed by atoms with E-state index < -0.39 is 8.07 Å². The number of nitrogens with one attached hydrogen (secondary N) is 1. The number of hydrogen-bond acceptors (Lipinski definition) is 7. The second-order valence-electron chi connectivity index (χ2n) is 14.9. The van der Waals surface area contributed by atoms with Gasteiger partial charge in [-0.3, -0.25) is 14.3 Å². The maximum atomic E-state index is 13.8. The van der Waals surface area contributed by atoms with E-state index in [9.17, 15) is 4.79 Å². The van der Waals surface area contributed by atoms with Crippen LogP contribution in [0.4, 0.5) is 17.3 Å². The standard InChI is InChI=1S/C40H53N7OSi/c1-29(2)49(30(3)4,31(5)6)26-19-32-27-38(48)47(36-11-9-8-10-12-36)39-37(32)28-41-40(43-39)42-33-13-15-34(16-14-33)45-20-17-35(18-21-45)46-24-22-44(7)23-25-46/h8-16,27-31,35H,17-18,20-25H2,1-7H3,(H,41,42,43). The predicted octanol–water partition coefficient (Wildman–Crippen LogP) is 7.31. The summed E-state index contributed by atoms with van der Waals surface area (Å²) in [5, 5.41) is 4.18. The van der Waals surface area contributed by atoms with Crippen molar-refractivity contribution in [2.45, 2.75) is 77.0 Å². The van der Waals surface area contributed by atoms with Gasteiger partial charge in [0.05, 0.1) is 11.1 Å². The fourth-order valence-corrected chi connectivity index (χ4v) is 13.5. The monoisotopic (exact) mass is 675 g/mol. The van der Waals surface area contributed by atoms with Crippen LogP contribution in [-0.2, 0) is 0 Å². The molecule has 2 fully saturated rings. The Morgan fingerprint density at radius 3 is 2.06 bits per heavy atom. The van der Waals surface area contributed by atoms with Crippen LogP contribution in [0.1, 0.15) is 59.9 Å². The van der Waals surface area contributed by atoms with Gasteiger partial charge in [0, 0.05) is 74.5 Å². The van der Waals surface area contributed by atoms with Crippen molar-refractivity contribution in [3.8, 4) is 17.2 Å². The quantitative estimate of drug-likeness (QED) is 0.155. The lowest BCUT2D eigenvalue weighted by atomic mass is 10.0. The van der Waals surface area contributed by atoms with E-state index in [-0.39, 0.29) is 5.56 Å². The first-order valence-electron chi connectivity index (χ1n) is 18.1. The average Bonchev–Trinajstić information content (AvgIpc) is 3.09. The van der Waals surface area contributed by atoms with Crippen molar-refractivity contribution in [2.24, 2.45) is 0 Å². The molecule has 0 bridgehead atoms. The molecule has 49 heavy (non-hydrogen) atoms. The minimum Gasteiger partial charge on any atom is -0.371 e. The number of pyridine rings is 1. The molecule has 0 radical (unpaired) electrons. The zero-order valence-electron chi connectivity index (χ0n) is 30.4. The minimum atomic E-state index is -2.02. The second-order valence-corrected chi connectivity index (χ2v) is 20.5. The SMILES string of the molecule is CC(C)[Si](C#Cc1cc(=O)n(-c2ccccc2)c2nc(Nc3ccc(N4CCC(N5CCN(C)CC5)CC4)cc3)ncc12)(C(C)C)C(C)C. The van der Waals surface area contributed by atoms with Crippen LogP contribution in [0, 0.1) is 11.5 Å². The molecule has 2 saturated heterocycles. The van der Waals surface area contributed by atoms with Crippen molar-refractivity contribution in [1.82, 2.24) is 24.3 Å². The number of aromatic nitrogens is 3. The van der Waals surface area contributed by atoms with Gasteiger partial charge in [-0.2, -0.15) is 4.98 Å². The third kappa shape index (κ3) is 7.33. The summed E-state index contributed by atoms with van der Waals surface area (Å²) >= 11 is 0. The normalized spacial score (nSPS) is 16.8.